The number of methoxy groups -OCH3 is 1. The molecule has 1 aromatic carbocycles. The van der Waals surface area contributed by atoms with Crippen LogP contribution in [0.4, 0.5) is 0 Å². The van der Waals surface area contributed by atoms with Crippen LogP contribution in [0.5, 0.6) is 5.75 Å². The quantitative estimate of drug-likeness (QED) is 0.720. The molecule has 110 valence electrons. The number of rotatable bonds is 7. The maximum atomic E-state index is 12.1. The summed E-state index contributed by atoms with van der Waals surface area (Å²) in [4.78, 5) is 24.3. The van der Waals surface area contributed by atoms with Crippen molar-refractivity contribution in [2.75, 3.05) is 20.3 Å². The van der Waals surface area contributed by atoms with Gasteiger partial charge in [0, 0.05) is 18.7 Å². The third-order valence-electron chi connectivity index (χ3n) is 2.98. The summed E-state index contributed by atoms with van der Waals surface area (Å²) in [5.74, 6) is -2.24. The van der Waals surface area contributed by atoms with Crippen LogP contribution < -0.4 is 4.74 Å². The van der Waals surface area contributed by atoms with E-state index < -0.39 is 17.8 Å². The number of aliphatic hydroxyl groups is 1. The van der Waals surface area contributed by atoms with E-state index in [1.54, 1.807) is 24.3 Å². The van der Waals surface area contributed by atoms with Gasteiger partial charge in [-0.05, 0) is 13.0 Å². The number of amides is 1. The molecule has 0 heterocycles. The van der Waals surface area contributed by atoms with Gasteiger partial charge in [0.25, 0.3) is 0 Å². The lowest BCUT2D eigenvalue weighted by atomic mass is 10.1. The number of carbonyl (C=O) groups is 2. The van der Waals surface area contributed by atoms with Crippen molar-refractivity contribution in [3.05, 3.63) is 29.8 Å². The summed E-state index contributed by atoms with van der Waals surface area (Å²) in [7, 11) is 1.52. The van der Waals surface area contributed by atoms with Crippen molar-refractivity contribution < 1.29 is 24.5 Å². The number of carbonyl (C=O) groups excluding carboxylic acids is 1. The lowest BCUT2D eigenvalue weighted by molar-refractivity contribution is -0.150. The Morgan fingerprint density at radius 2 is 2.00 bits per heavy atom. The maximum Gasteiger partial charge on any atom is 0.315 e. The topological polar surface area (TPSA) is 87.1 Å². The van der Waals surface area contributed by atoms with E-state index in [-0.39, 0.29) is 19.7 Å². The molecule has 1 rings (SSSR count). The van der Waals surface area contributed by atoms with Crippen LogP contribution >= 0.6 is 0 Å². The molecule has 0 fully saturated rings. The Morgan fingerprint density at radius 1 is 1.35 bits per heavy atom. The van der Waals surface area contributed by atoms with Crippen LogP contribution in [0, 0.1) is 5.92 Å². The molecule has 0 spiro atoms. The Hall–Kier alpha value is -2.08. The van der Waals surface area contributed by atoms with Crippen LogP contribution in [0.25, 0.3) is 0 Å². The van der Waals surface area contributed by atoms with Gasteiger partial charge < -0.3 is 19.8 Å². The highest BCUT2D eigenvalue weighted by atomic mass is 16.5. The van der Waals surface area contributed by atoms with Crippen LogP contribution in [-0.4, -0.2) is 47.3 Å². The average molecular weight is 281 g/mol. The number of carboxylic acids is 1. The summed E-state index contributed by atoms with van der Waals surface area (Å²) in [6.07, 6.45) is 0. The van der Waals surface area contributed by atoms with Crippen molar-refractivity contribution >= 4 is 11.9 Å². The van der Waals surface area contributed by atoms with E-state index in [2.05, 4.69) is 0 Å². The summed E-state index contributed by atoms with van der Waals surface area (Å²) in [5.41, 5.74) is 0.759. The molecular weight excluding hydrogens is 262 g/mol. The van der Waals surface area contributed by atoms with Gasteiger partial charge in [-0.2, -0.15) is 0 Å². The van der Waals surface area contributed by atoms with Crippen molar-refractivity contribution in [1.82, 2.24) is 4.90 Å². The highest BCUT2D eigenvalue weighted by molar-refractivity contribution is 5.96. The van der Waals surface area contributed by atoms with Gasteiger partial charge in [-0.15, -0.1) is 0 Å². The maximum absolute atomic E-state index is 12.1. The smallest absolute Gasteiger partial charge is 0.315 e. The van der Waals surface area contributed by atoms with Gasteiger partial charge in [0.2, 0.25) is 5.91 Å². The molecule has 0 saturated heterocycles. The summed E-state index contributed by atoms with van der Waals surface area (Å²) < 4.78 is 5.20. The van der Waals surface area contributed by atoms with E-state index in [1.807, 2.05) is 0 Å². The Morgan fingerprint density at radius 3 is 2.55 bits per heavy atom. The highest BCUT2D eigenvalue weighted by Crippen LogP contribution is 2.20. The third kappa shape index (κ3) is 3.96. The lowest BCUT2D eigenvalue weighted by Crippen LogP contribution is -2.39. The number of aliphatic hydroxyl groups excluding tert-OH is 1. The molecule has 2 N–H and O–H groups in total. The lowest BCUT2D eigenvalue weighted by Gasteiger charge is -2.24. The number of nitrogens with zero attached hydrogens (tertiary/aromatic N) is 1. The molecule has 0 radical (unpaired) electrons. The molecule has 1 unspecified atom stereocenters. The third-order valence-corrected chi connectivity index (χ3v) is 2.98. The Kier molecular flexibility index (Phi) is 5.99. The minimum Gasteiger partial charge on any atom is -0.496 e. The number of para-hydroxylation sites is 1. The predicted octanol–water partition coefficient (Wildman–Crippen LogP) is 0.737. The second-order valence-electron chi connectivity index (χ2n) is 4.36. The number of ether oxygens (including phenoxy) is 1. The Balaban J connectivity index is 2.92. The Bertz CT molecular complexity index is 474. The summed E-state index contributed by atoms with van der Waals surface area (Å²) in [5, 5.41) is 17.9. The molecule has 6 heteroatoms. The monoisotopic (exact) mass is 281 g/mol. The molecule has 1 amide bonds. The van der Waals surface area contributed by atoms with Crippen molar-refractivity contribution in [2.24, 2.45) is 5.92 Å². The van der Waals surface area contributed by atoms with Crippen molar-refractivity contribution in [2.45, 2.75) is 13.5 Å². The number of hydrogen-bond donors (Lipinski definition) is 2. The fraction of sp³-hybridized carbons (Fsp3) is 0.429. The van der Waals surface area contributed by atoms with Crippen LogP contribution in [0.2, 0.25) is 0 Å². The van der Waals surface area contributed by atoms with Crippen molar-refractivity contribution in [1.29, 1.82) is 0 Å². The largest absolute Gasteiger partial charge is 0.496 e. The molecule has 0 bridgehead atoms. The second-order valence-corrected chi connectivity index (χ2v) is 4.36. The molecule has 1 atom stereocenters. The molecule has 0 aromatic heterocycles. The fourth-order valence-corrected chi connectivity index (χ4v) is 1.81. The zero-order valence-corrected chi connectivity index (χ0v) is 11.6. The van der Waals surface area contributed by atoms with E-state index in [0.717, 1.165) is 5.56 Å². The molecule has 20 heavy (non-hydrogen) atoms. The normalized spacial score (nSPS) is 11.8. The van der Waals surface area contributed by atoms with Gasteiger partial charge >= 0.3 is 5.97 Å². The molecule has 1 aromatic rings. The van der Waals surface area contributed by atoms with Crippen LogP contribution in [0.15, 0.2) is 24.3 Å². The van der Waals surface area contributed by atoms with Gasteiger partial charge in [0.15, 0.2) is 0 Å². The summed E-state index contributed by atoms with van der Waals surface area (Å²) in [6.45, 7) is 1.38. The van der Waals surface area contributed by atoms with E-state index in [4.69, 9.17) is 14.9 Å². The summed E-state index contributed by atoms with van der Waals surface area (Å²) >= 11 is 0. The van der Waals surface area contributed by atoms with Crippen LogP contribution in [0.1, 0.15) is 12.5 Å². The molecule has 0 aliphatic rings. The van der Waals surface area contributed by atoms with Crippen molar-refractivity contribution in [3.63, 3.8) is 0 Å². The minimum absolute atomic E-state index is 0.0779. The molecular formula is C14H19NO5. The number of benzene rings is 1. The fourth-order valence-electron chi connectivity index (χ4n) is 1.81. The zero-order valence-electron chi connectivity index (χ0n) is 11.6. The van der Waals surface area contributed by atoms with E-state index in [0.29, 0.717) is 5.75 Å². The summed E-state index contributed by atoms with van der Waals surface area (Å²) in [6, 6.07) is 7.17. The first kappa shape index (κ1) is 16.0. The molecule has 0 aliphatic carbocycles. The number of aliphatic carboxylic acids is 1. The van der Waals surface area contributed by atoms with E-state index >= 15 is 0 Å². The van der Waals surface area contributed by atoms with Gasteiger partial charge in [0.1, 0.15) is 11.7 Å². The first-order chi connectivity index (χ1) is 9.51. The van der Waals surface area contributed by atoms with Gasteiger partial charge in [-0.25, -0.2) is 0 Å². The Labute approximate surface area is 117 Å². The SMILES string of the molecule is COc1ccccc1CN(CCO)C(=O)C(C)C(=O)O. The number of hydrogen-bond acceptors (Lipinski definition) is 4. The van der Waals surface area contributed by atoms with Crippen LogP contribution in [-0.2, 0) is 16.1 Å². The van der Waals surface area contributed by atoms with E-state index in [1.165, 1.54) is 18.9 Å². The standard InChI is InChI=1S/C14H19NO5/c1-10(14(18)19)13(17)15(7-8-16)9-11-5-3-4-6-12(11)20-2/h3-6,10,16H,7-9H2,1-2H3,(H,18,19). The minimum atomic E-state index is -1.18. The first-order valence-electron chi connectivity index (χ1n) is 6.25. The first-order valence-corrected chi connectivity index (χ1v) is 6.25. The zero-order chi connectivity index (χ0) is 15.1. The molecule has 6 nitrogen and oxygen atoms in total. The number of carboxylic acid groups (broad SMARTS) is 1. The van der Waals surface area contributed by atoms with Gasteiger partial charge in [0.05, 0.1) is 13.7 Å². The second kappa shape index (κ2) is 7.49. The van der Waals surface area contributed by atoms with Gasteiger partial charge in [-0.1, -0.05) is 18.2 Å². The van der Waals surface area contributed by atoms with Gasteiger partial charge in [-0.3, -0.25) is 9.59 Å². The predicted molar refractivity (Wildman–Crippen MR) is 72.3 cm³/mol. The molecule has 0 saturated carbocycles. The van der Waals surface area contributed by atoms with E-state index in [9.17, 15) is 9.59 Å². The highest BCUT2D eigenvalue weighted by Gasteiger charge is 2.26. The van der Waals surface area contributed by atoms with Crippen LogP contribution in [0.3, 0.4) is 0 Å². The molecule has 0 aliphatic heterocycles. The van der Waals surface area contributed by atoms with Crippen molar-refractivity contribution in [3.8, 4) is 5.75 Å². The average Bonchev–Trinajstić information content (AvgIpc) is 2.45.